The van der Waals surface area contributed by atoms with Gasteiger partial charge in [-0.05, 0) is 55.2 Å². The maximum atomic E-state index is 8.70. The van der Waals surface area contributed by atoms with Crippen molar-refractivity contribution in [3.05, 3.63) is 29.8 Å². The third-order valence-corrected chi connectivity index (χ3v) is 4.13. The van der Waals surface area contributed by atoms with Crippen LogP contribution in [0.15, 0.2) is 24.3 Å². The number of hydrogen-bond acceptors (Lipinski definition) is 2. The Bertz CT molecular complexity index is 342. The summed E-state index contributed by atoms with van der Waals surface area (Å²) in [6.07, 6.45) is 8.13. The van der Waals surface area contributed by atoms with Gasteiger partial charge in [0.15, 0.2) is 0 Å². The van der Waals surface area contributed by atoms with Gasteiger partial charge in [0.05, 0.1) is 0 Å². The minimum atomic E-state index is -0.249. The van der Waals surface area contributed by atoms with Crippen molar-refractivity contribution >= 4 is 7.69 Å². The van der Waals surface area contributed by atoms with Crippen molar-refractivity contribution in [1.82, 2.24) is 0 Å². The molecule has 2 rings (SSSR count). The van der Waals surface area contributed by atoms with Gasteiger partial charge in [0, 0.05) is 0 Å². The summed E-state index contributed by atoms with van der Waals surface area (Å²) >= 11 is 0. The van der Waals surface area contributed by atoms with Gasteiger partial charge in [-0.15, -0.1) is 0 Å². The van der Waals surface area contributed by atoms with E-state index in [1.165, 1.54) is 44.1 Å². The van der Waals surface area contributed by atoms with Crippen LogP contribution in [0.4, 0.5) is 0 Å². The van der Waals surface area contributed by atoms with Crippen molar-refractivity contribution in [2.24, 2.45) is 5.92 Å². The summed E-state index contributed by atoms with van der Waals surface area (Å²) in [4.78, 5) is 0. The first-order valence-electron chi connectivity index (χ1n) is 7.17. The summed E-state index contributed by atoms with van der Waals surface area (Å²) in [5.74, 6) is 2.44. The van der Waals surface area contributed by atoms with Gasteiger partial charge in [0.1, 0.15) is 5.75 Å². The molecule has 1 aromatic rings. The highest BCUT2D eigenvalue weighted by Gasteiger charge is 2.21. The van der Waals surface area contributed by atoms with Gasteiger partial charge in [0.25, 0.3) is 0 Å². The second-order valence-electron chi connectivity index (χ2n) is 5.35. The van der Waals surface area contributed by atoms with Crippen LogP contribution in [0, 0.1) is 5.92 Å². The van der Waals surface area contributed by atoms with Gasteiger partial charge in [-0.3, -0.25) is 0 Å². The molecule has 1 aliphatic carbocycles. The fourth-order valence-corrected chi connectivity index (χ4v) is 3.10. The summed E-state index contributed by atoms with van der Waals surface area (Å²) in [5, 5.41) is 8.70. The lowest BCUT2D eigenvalue weighted by Crippen LogP contribution is -2.13. The van der Waals surface area contributed by atoms with E-state index >= 15 is 0 Å². The molecule has 1 saturated carbocycles. The lowest BCUT2D eigenvalue weighted by molar-refractivity contribution is 0.308. The minimum absolute atomic E-state index is 0.249. The Morgan fingerprint density at radius 3 is 2.39 bits per heavy atom. The highest BCUT2D eigenvalue weighted by molar-refractivity contribution is 6.17. The van der Waals surface area contributed by atoms with Crippen molar-refractivity contribution < 1.29 is 9.68 Å². The van der Waals surface area contributed by atoms with E-state index in [4.69, 9.17) is 9.68 Å². The van der Waals surface area contributed by atoms with Gasteiger partial charge >= 0.3 is 7.69 Å². The van der Waals surface area contributed by atoms with Gasteiger partial charge < -0.3 is 9.68 Å². The zero-order valence-corrected chi connectivity index (χ0v) is 11.3. The first kappa shape index (κ1) is 13.5. The zero-order valence-electron chi connectivity index (χ0n) is 11.3. The van der Waals surface area contributed by atoms with Crippen molar-refractivity contribution in [2.45, 2.75) is 51.4 Å². The molecule has 98 valence electrons. The average Bonchev–Trinajstić information content (AvgIpc) is 2.41. The average molecular weight is 246 g/mol. The van der Waals surface area contributed by atoms with E-state index in [0.29, 0.717) is 0 Å². The van der Waals surface area contributed by atoms with Crippen LogP contribution < -0.4 is 4.65 Å². The van der Waals surface area contributed by atoms with E-state index < -0.39 is 0 Å². The van der Waals surface area contributed by atoms with Crippen LogP contribution in [0.25, 0.3) is 0 Å². The predicted molar refractivity (Wildman–Crippen MR) is 76.0 cm³/mol. The summed E-state index contributed by atoms with van der Waals surface area (Å²) in [7, 11) is -0.249. The lowest BCUT2D eigenvalue weighted by Gasteiger charge is -2.28. The van der Waals surface area contributed by atoms with Crippen LogP contribution in [-0.2, 0) is 0 Å². The SMILES string of the molecule is CCCC1CCC(c2ccc(OBO)cc2)CC1. The highest BCUT2D eigenvalue weighted by atomic mass is 16.5. The Labute approximate surface area is 111 Å². The molecule has 1 N–H and O–H groups in total. The van der Waals surface area contributed by atoms with Gasteiger partial charge in [-0.25, -0.2) is 0 Å². The van der Waals surface area contributed by atoms with E-state index in [1.807, 2.05) is 12.1 Å². The molecule has 0 saturated heterocycles. The maximum Gasteiger partial charge on any atom is 0.504 e. The molecule has 1 fully saturated rings. The molecule has 0 heterocycles. The Balaban J connectivity index is 1.89. The number of rotatable bonds is 5. The third kappa shape index (κ3) is 3.52. The van der Waals surface area contributed by atoms with Crippen molar-refractivity contribution in [3.63, 3.8) is 0 Å². The maximum absolute atomic E-state index is 8.70. The van der Waals surface area contributed by atoms with E-state index in [1.54, 1.807) is 0 Å². The van der Waals surface area contributed by atoms with Crippen LogP contribution in [-0.4, -0.2) is 12.7 Å². The number of hydrogen-bond donors (Lipinski definition) is 1. The molecule has 1 aliphatic rings. The van der Waals surface area contributed by atoms with Crippen LogP contribution in [0.5, 0.6) is 5.75 Å². The predicted octanol–water partition coefficient (Wildman–Crippen LogP) is 3.40. The second-order valence-corrected chi connectivity index (χ2v) is 5.35. The molecule has 0 spiro atoms. The minimum Gasteiger partial charge on any atom is -0.539 e. The smallest absolute Gasteiger partial charge is 0.504 e. The molecule has 0 unspecified atom stereocenters. The van der Waals surface area contributed by atoms with Gasteiger partial charge in [-0.2, -0.15) is 0 Å². The molecule has 0 bridgehead atoms. The summed E-state index contributed by atoms with van der Waals surface area (Å²) in [6, 6.07) is 8.22. The van der Waals surface area contributed by atoms with Crippen LogP contribution in [0.1, 0.15) is 56.9 Å². The van der Waals surface area contributed by atoms with Crippen LogP contribution in [0.2, 0.25) is 0 Å². The molecule has 18 heavy (non-hydrogen) atoms. The normalized spacial score (nSPS) is 23.7. The standard InChI is InChI=1S/C15H23BO2/c1-2-3-12-4-6-13(7-5-12)14-8-10-15(11-9-14)18-16-17/h8-13,16-17H,2-7H2,1H3. The monoisotopic (exact) mass is 246 g/mol. The molecule has 0 atom stereocenters. The molecular weight excluding hydrogens is 223 g/mol. The Hall–Kier alpha value is -0.955. The zero-order chi connectivity index (χ0) is 12.8. The summed E-state index contributed by atoms with van der Waals surface area (Å²) < 4.78 is 5.05. The number of benzene rings is 1. The molecule has 1 aromatic carbocycles. The molecule has 0 aliphatic heterocycles. The first-order valence-corrected chi connectivity index (χ1v) is 7.17. The van der Waals surface area contributed by atoms with E-state index in [0.717, 1.165) is 17.6 Å². The fourth-order valence-electron chi connectivity index (χ4n) is 3.10. The summed E-state index contributed by atoms with van der Waals surface area (Å²) in [6.45, 7) is 2.28. The van der Waals surface area contributed by atoms with E-state index in [9.17, 15) is 0 Å². The first-order chi connectivity index (χ1) is 8.83. The molecule has 0 amide bonds. The van der Waals surface area contributed by atoms with E-state index in [-0.39, 0.29) is 7.69 Å². The lowest BCUT2D eigenvalue weighted by atomic mass is 9.77. The molecular formula is C15H23BO2. The fraction of sp³-hybridized carbons (Fsp3) is 0.600. The molecule has 3 heteroatoms. The quantitative estimate of drug-likeness (QED) is 0.807. The summed E-state index contributed by atoms with van der Waals surface area (Å²) in [5.41, 5.74) is 1.43. The third-order valence-electron chi connectivity index (χ3n) is 4.13. The molecule has 2 nitrogen and oxygen atoms in total. The largest absolute Gasteiger partial charge is 0.539 e. The van der Waals surface area contributed by atoms with Crippen LogP contribution >= 0.6 is 0 Å². The van der Waals surface area contributed by atoms with Gasteiger partial charge in [-0.1, -0.05) is 31.9 Å². The topological polar surface area (TPSA) is 29.5 Å². The second kappa shape index (κ2) is 6.84. The van der Waals surface area contributed by atoms with Crippen LogP contribution in [0.3, 0.4) is 0 Å². The Morgan fingerprint density at radius 1 is 1.17 bits per heavy atom. The molecule has 0 radical (unpaired) electrons. The van der Waals surface area contributed by atoms with Gasteiger partial charge in [0.2, 0.25) is 0 Å². The highest BCUT2D eigenvalue weighted by Crippen LogP contribution is 2.37. The molecule has 0 aromatic heterocycles. The van der Waals surface area contributed by atoms with E-state index in [2.05, 4.69) is 19.1 Å². The van der Waals surface area contributed by atoms with Crippen molar-refractivity contribution in [1.29, 1.82) is 0 Å². The Kier molecular flexibility index (Phi) is 5.12. The van der Waals surface area contributed by atoms with Crippen molar-refractivity contribution in [2.75, 3.05) is 0 Å². The Morgan fingerprint density at radius 2 is 1.83 bits per heavy atom. The van der Waals surface area contributed by atoms with Crippen molar-refractivity contribution in [3.8, 4) is 5.75 Å².